The number of hydrogen-bond acceptors (Lipinski definition) is 4. The predicted octanol–water partition coefficient (Wildman–Crippen LogP) is 5.16. The number of aromatic amines is 1. The van der Waals surface area contributed by atoms with Crippen LogP contribution in [0.1, 0.15) is 22.6 Å². The number of ether oxygens (including phenoxy) is 3. The lowest BCUT2D eigenvalue weighted by atomic mass is 9.91. The third-order valence-electron chi connectivity index (χ3n) is 5.83. The zero-order chi connectivity index (χ0) is 23.9. The Morgan fingerprint density at radius 1 is 0.912 bits per heavy atom. The first-order valence-corrected chi connectivity index (χ1v) is 11.0. The summed E-state index contributed by atoms with van der Waals surface area (Å²) in [6, 6.07) is 21.9. The molecular formula is C28H28N2O4. The molecule has 4 rings (SSSR count). The second-order valence-corrected chi connectivity index (χ2v) is 7.78. The number of amides is 1. The topological polar surface area (TPSA) is 72.6 Å². The Kier molecular flexibility index (Phi) is 7.18. The van der Waals surface area contributed by atoms with Gasteiger partial charge >= 0.3 is 0 Å². The molecule has 0 aliphatic heterocycles. The van der Waals surface area contributed by atoms with Gasteiger partial charge in [0.25, 0.3) is 0 Å². The summed E-state index contributed by atoms with van der Waals surface area (Å²) in [5, 5.41) is 4.21. The van der Waals surface area contributed by atoms with Crippen LogP contribution in [0.15, 0.2) is 79.0 Å². The number of fused-ring (bicyclic) bond motifs is 1. The van der Waals surface area contributed by atoms with Crippen molar-refractivity contribution in [3.05, 3.63) is 95.7 Å². The second kappa shape index (κ2) is 10.6. The minimum atomic E-state index is -0.197. The molecule has 1 heterocycles. The van der Waals surface area contributed by atoms with Crippen molar-refractivity contribution < 1.29 is 19.0 Å². The zero-order valence-electron chi connectivity index (χ0n) is 19.5. The zero-order valence-corrected chi connectivity index (χ0v) is 19.5. The lowest BCUT2D eigenvalue weighted by Gasteiger charge is -2.18. The van der Waals surface area contributed by atoms with E-state index in [1.165, 1.54) is 6.08 Å². The summed E-state index contributed by atoms with van der Waals surface area (Å²) >= 11 is 0. The minimum Gasteiger partial charge on any atom is -0.496 e. The number of carbonyl (C=O) groups excluding carboxylic acids is 1. The average Bonchev–Trinajstić information content (AvgIpc) is 3.31. The van der Waals surface area contributed by atoms with Crippen LogP contribution in [0.3, 0.4) is 0 Å². The van der Waals surface area contributed by atoms with Gasteiger partial charge in [0.2, 0.25) is 5.91 Å². The molecule has 1 aromatic heterocycles. The molecule has 2 N–H and O–H groups in total. The van der Waals surface area contributed by atoms with Gasteiger partial charge in [-0.15, -0.1) is 0 Å². The number of methoxy groups -OCH3 is 3. The fourth-order valence-electron chi connectivity index (χ4n) is 4.09. The third-order valence-corrected chi connectivity index (χ3v) is 5.83. The van der Waals surface area contributed by atoms with Gasteiger partial charge in [0.05, 0.1) is 21.3 Å². The lowest BCUT2D eigenvalue weighted by Crippen LogP contribution is -2.27. The summed E-state index contributed by atoms with van der Waals surface area (Å²) in [5.74, 6) is 1.52. The van der Waals surface area contributed by atoms with E-state index in [1.54, 1.807) is 39.5 Å². The Labute approximate surface area is 199 Å². The molecule has 0 fully saturated rings. The summed E-state index contributed by atoms with van der Waals surface area (Å²) < 4.78 is 16.1. The van der Waals surface area contributed by atoms with Crippen LogP contribution in [0.5, 0.6) is 17.2 Å². The Morgan fingerprint density at radius 3 is 2.32 bits per heavy atom. The maximum atomic E-state index is 12.8. The number of para-hydroxylation sites is 1. The number of carbonyl (C=O) groups is 1. The molecule has 0 bridgehead atoms. The highest BCUT2D eigenvalue weighted by Crippen LogP contribution is 2.35. The number of benzene rings is 3. The van der Waals surface area contributed by atoms with Crippen LogP contribution in [-0.4, -0.2) is 38.8 Å². The summed E-state index contributed by atoms with van der Waals surface area (Å²) in [7, 11) is 4.71. The first-order chi connectivity index (χ1) is 16.6. The number of H-pyrrole nitrogens is 1. The Morgan fingerprint density at radius 2 is 1.59 bits per heavy atom. The SMILES string of the molecule is COc1cc(OC)c(OC)cc1/C=C/C(=O)NCC(c1ccccc1)c1c[nH]c2ccccc12. The summed E-state index contributed by atoms with van der Waals surface area (Å²) in [5.41, 5.74) is 4.07. The van der Waals surface area contributed by atoms with Crippen molar-refractivity contribution in [3.8, 4) is 17.2 Å². The van der Waals surface area contributed by atoms with E-state index in [-0.39, 0.29) is 11.8 Å². The Hall–Kier alpha value is -4.19. The molecule has 4 aromatic rings. The number of rotatable bonds is 9. The molecule has 6 nitrogen and oxygen atoms in total. The average molecular weight is 457 g/mol. The van der Waals surface area contributed by atoms with Crippen molar-refractivity contribution in [2.75, 3.05) is 27.9 Å². The first-order valence-electron chi connectivity index (χ1n) is 11.0. The molecule has 6 heteroatoms. The van der Waals surface area contributed by atoms with Crippen LogP contribution in [0.2, 0.25) is 0 Å². The Bertz CT molecular complexity index is 1290. The second-order valence-electron chi connectivity index (χ2n) is 7.78. The predicted molar refractivity (Wildman–Crippen MR) is 135 cm³/mol. The molecule has 0 aliphatic rings. The van der Waals surface area contributed by atoms with Gasteiger partial charge in [0.1, 0.15) is 5.75 Å². The van der Waals surface area contributed by atoms with E-state index in [9.17, 15) is 4.79 Å². The van der Waals surface area contributed by atoms with Crippen molar-refractivity contribution in [1.29, 1.82) is 0 Å². The maximum Gasteiger partial charge on any atom is 0.244 e. The van der Waals surface area contributed by atoms with Crippen LogP contribution in [0.25, 0.3) is 17.0 Å². The summed E-state index contributed by atoms with van der Waals surface area (Å²) in [6.07, 6.45) is 5.24. The Balaban J connectivity index is 1.55. The van der Waals surface area contributed by atoms with E-state index in [1.807, 2.05) is 36.5 Å². The molecule has 1 unspecified atom stereocenters. The summed E-state index contributed by atoms with van der Waals surface area (Å²) in [6.45, 7) is 0.456. The molecule has 1 amide bonds. The van der Waals surface area contributed by atoms with E-state index < -0.39 is 0 Å². The normalized spacial score (nSPS) is 12.0. The van der Waals surface area contributed by atoms with Gasteiger partial charge in [0, 0.05) is 47.3 Å². The first kappa shape index (κ1) is 23.0. The van der Waals surface area contributed by atoms with Crippen molar-refractivity contribution in [3.63, 3.8) is 0 Å². The van der Waals surface area contributed by atoms with Gasteiger partial charge < -0.3 is 24.5 Å². The molecule has 1 atom stereocenters. The highest BCUT2D eigenvalue weighted by molar-refractivity contribution is 5.92. The van der Waals surface area contributed by atoms with Crippen LogP contribution in [0.4, 0.5) is 0 Å². The number of hydrogen-bond donors (Lipinski definition) is 2. The highest BCUT2D eigenvalue weighted by atomic mass is 16.5. The van der Waals surface area contributed by atoms with Gasteiger partial charge in [0.15, 0.2) is 11.5 Å². The summed E-state index contributed by atoms with van der Waals surface area (Å²) in [4.78, 5) is 16.1. The fraction of sp³-hybridized carbons (Fsp3) is 0.179. The molecule has 34 heavy (non-hydrogen) atoms. The molecule has 3 aromatic carbocycles. The van der Waals surface area contributed by atoms with Gasteiger partial charge in [-0.1, -0.05) is 48.5 Å². The van der Waals surface area contributed by atoms with Crippen molar-refractivity contribution in [1.82, 2.24) is 10.3 Å². The fourth-order valence-corrected chi connectivity index (χ4v) is 4.09. The molecule has 0 spiro atoms. The van der Waals surface area contributed by atoms with Crippen molar-refractivity contribution in [2.45, 2.75) is 5.92 Å². The molecular weight excluding hydrogens is 428 g/mol. The number of nitrogens with one attached hydrogen (secondary N) is 2. The highest BCUT2D eigenvalue weighted by Gasteiger charge is 2.18. The van der Waals surface area contributed by atoms with E-state index in [4.69, 9.17) is 14.2 Å². The van der Waals surface area contributed by atoms with Crippen LogP contribution >= 0.6 is 0 Å². The standard InChI is InChI=1S/C28H28N2O4/c1-32-25-16-27(34-3)26(33-2)15-20(25)13-14-28(31)30-17-22(19-9-5-4-6-10-19)23-18-29-24-12-8-7-11-21(23)24/h4-16,18,22,29H,17H2,1-3H3,(H,30,31)/b14-13+. The van der Waals surface area contributed by atoms with Crippen LogP contribution in [-0.2, 0) is 4.79 Å². The van der Waals surface area contributed by atoms with Crippen LogP contribution in [0, 0.1) is 0 Å². The largest absolute Gasteiger partial charge is 0.496 e. The lowest BCUT2D eigenvalue weighted by molar-refractivity contribution is -0.116. The van der Waals surface area contributed by atoms with Gasteiger partial charge in [-0.2, -0.15) is 0 Å². The van der Waals surface area contributed by atoms with Gasteiger partial charge in [-0.3, -0.25) is 4.79 Å². The molecule has 0 saturated heterocycles. The molecule has 0 saturated carbocycles. The van der Waals surface area contributed by atoms with E-state index >= 15 is 0 Å². The van der Waals surface area contributed by atoms with E-state index in [2.05, 4.69) is 34.6 Å². The van der Waals surface area contributed by atoms with Gasteiger partial charge in [-0.25, -0.2) is 0 Å². The smallest absolute Gasteiger partial charge is 0.244 e. The molecule has 174 valence electrons. The maximum absolute atomic E-state index is 12.8. The van der Waals surface area contributed by atoms with Crippen molar-refractivity contribution >= 4 is 22.9 Å². The third kappa shape index (κ3) is 4.91. The number of aromatic nitrogens is 1. The monoisotopic (exact) mass is 456 g/mol. The van der Waals surface area contributed by atoms with E-state index in [0.717, 1.165) is 22.0 Å². The molecule has 0 aliphatic carbocycles. The quantitative estimate of drug-likeness (QED) is 0.342. The van der Waals surface area contributed by atoms with Gasteiger partial charge in [-0.05, 0) is 29.3 Å². The molecule has 0 radical (unpaired) electrons. The van der Waals surface area contributed by atoms with Crippen molar-refractivity contribution in [2.24, 2.45) is 0 Å². The minimum absolute atomic E-state index is 0.00492. The van der Waals surface area contributed by atoms with Crippen LogP contribution < -0.4 is 19.5 Å². The van der Waals surface area contributed by atoms with E-state index in [0.29, 0.717) is 29.4 Å².